The summed E-state index contributed by atoms with van der Waals surface area (Å²) in [5.74, 6) is 0.608. The highest BCUT2D eigenvalue weighted by molar-refractivity contribution is 6.31. The Kier molecular flexibility index (Phi) is 4.07. The van der Waals surface area contributed by atoms with Crippen molar-refractivity contribution in [3.63, 3.8) is 0 Å². The number of anilines is 1. The Bertz CT molecular complexity index is 549. The van der Waals surface area contributed by atoms with Gasteiger partial charge in [-0.15, -0.1) is 0 Å². The van der Waals surface area contributed by atoms with Crippen LogP contribution in [0.2, 0.25) is 5.02 Å². The van der Waals surface area contributed by atoms with Gasteiger partial charge in [-0.25, -0.2) is 0 Å². The number of nitrogens with zero attached hydrogens (tertiary/aromatic N) is 1. The maximum absolute atomic E-state index is 6.06. The van der Waals surface area contributed by atoms with Gasteiger partial charge in [0.1, 0.15) is 0 Å². The third-order valence-electron chi connectivity index (χ3n) is 2.81. The van der Waals surface area contributed by atoms with Gasteiger partial charge in [0, 0.05) is 28.3 Å². The Balaban J connectivity index is 2.55. The van der Waals surface area contributed by atoms with E-state index in [4.69, 9.17) is 16.6 Å². The van der Waals surface area contributed by atoms with Crippen molar-refractivity contribution in [1.82, 2.24) is 4.98 Å². The van der Waals surface area contributed by atoms with E-state index in [9.17, 15) is 0 Å². The molecule has 0 unspecified atom stereocenters. The van der Waals surface area contributed by atoms with Gasteiger partial charge in [0.05, 0.1) is 5.52 Å². The number of benzene rings is 1. The van der Waals surface area contributed by atoms with Gasteiger partial charge in [-0.1, -0.05) is 25.4 Å². The second-order valence-corrected chi connectivity index (χ2v) is 5.39. The summed E-state index contributed by atoms with van der Waals surface area (Å²) in [6.45, 7) is 7.41. The lowest BCUT2D eigenvalue weighted by Crippen LogP contribution is -2.03. The Labute approximate surface area is 113 Å². The lowest BCUT2D eigenvalue weighted by molar-refractivity contribution is 0.637. The number of fused-ring (bicyclic) bond motifs is 1. The number of pyridine rings is 1. The fourth-order valence-electron chi connectivity index (χ4n) is 2.11. The number of rotatable bonds is 4. The summed E-state index contributed by atoms with van der Waals surface area (Å²) in [5.41, 5.74) is 3.27. The highest BCUT2D eigenvalue weighted by atomic mass is 35.5. The van der Waals surface area contributed by atoms with Crippen molar-refractivity contribution in [3.05, 3.63) is 35.0 Å². The predicted octanol–water partition coefficient (Wildman–Crippen LogP) is 4.52. The second kappa shape index (κ2) is 5.57. The SMILES string of the molecule is CCNc1cc(CC(C)C)nc2ccc(Cl)cc12. The second-order valence-electron chi connectivity index (χ2n) is 4.95. The quantitative estimate of drug-likeness (QED) is 0.876. The van der Waals surface area contributed by atoms with Crippen LogP contribution in [0.5, 0.6) is 0 Å². The van der Waals surface area contributed by atoms with E-state index in [2.05, 4.69) is 32.2 Å². The van der Waals surface area contributed by atoms with Crippen LogP contribution in [0.25, 0.3) is 10.9 Å². The largest absolute Gasteiger partial charge is 0.385 e. The number of halogens is 1. The molecule has 0 bridgehead atoms. The minimum absolute atomic E-state index is 0.608. The van der Waals surface area contributed by atoms with Crippen LogP contribution >= 0.6 is 11.6 Å². The van der Waals surface area contributed by atoms with E-state index >= 15 is 0 Å². The van der Waals surface area contributed by atoms with Crippen LogP contribution < -0.4 is 5.32 Å². The molecule has 0 aliphatic heterocycles. The van der Waals surface area contributed by atoms with E-state index < -0.39 is 0 Å². The van der Waals surface area contributed by atoms with E-state index in [-0.39, 0.29) is 0 Å². The molecule has 2 rings (SSSR count). The molecule has 1 N–H and O–H groups in total. The fraction of sp³-hybridized carbons (Fsp3) is 0.400. The standard InChI is InChI=1S/C15H19ClN2/c1-4-17-15-9-12(7-10(2)3)18-14-6-5-11(16)8-13(14)15/h5-6,8-10H,4,7H2,1-3H3,(H,17,18). The van der Waals surface area contributed by atoms with Crippen LogP contribution in [0.15, 0.2) is 24.3 Å². The Morgan fingerprint density at radius 3 is 2.72 bits per heavy atom. The molecule has 18 heavy (non-hydrogen) atoms. The summed E-state index contributed by atoms with van der Waals surface area (Å²) < 4.78 is 0. The summed E-state index contributed by atoms with van der Waals surface area (Å²) in [6, 6.07) is 8.00. The van der Waals surface area contributed by atoms with Crippen molar-refractivity contribution < 1.29 is 0 Å². The molecule has 3 heteroatoms. The summed E-state index contributed by atoms with van der Waals surface area (Å²) in [6.07, 6.45) is 0.997. The van der Waals surface area contributed by atoms with Crippen molar-refractivity contribution in [3.8, 4) is 0 Å². The number of aromatic nitrogens is 1. The summed E-state index contributed by atoms with van der Waals surface area (Å²) >= 11 is 6.06. The molecule has 2 aromatic rings. The lowest BCUT2D eigenvalue weighted by Gasteiger charge is -2.12. The molecular weight excluding hydrogens is 244 g/mol. The van der Waals surface area contributed by atoms with Crippen molar-refractivity contribution in [2.24, 2.45) is 5.92 Å². The zero-order valence-corrected chi connectivity index (χ0v) is 11.9. The van der Waals surface area contributed by atoms with Gasteiger partial charge >= 0.3 is 0 Å². The van der Waals surface area contributed by atoms with Crippen LogP contribution in [0.4, 0.5) is 5.69 Å². The van der Waals surface area contributed by atoms with Crippen LogP contribution in [0, 0.1) is 5.92 Å². The normalized spacial score (nSPS) is 11.2. The Hall–Kier alpha value is -1.28. The molecule has 0 aliphatic carbocycles. The van der Waals surface area contributed by atoms with Crippen molar-refractivity contribution in [2.75, 3.05) is 11.9 Å². The van der Waals surface area contributed by atoms with E-state index in [1.54, 1.807) is 0 Å². The van der Waals surface area contributed by atoms with E-state index in [0.29, 0.717) is 5.92 Å². The van der Waals surface area contributed by atoms with Gasteiger partial charge in [-0.2, -0.15) is 0 Å². The smallest absolute Gasteiger partial charge is 0.0727 e. The first-order chi connectivity index (χ1) is 8.60. The van der Waals surface area contributed by atoms with Gasteiger partial charge in [0.2, 0.25) is 0 Å². The average molecular weight is 263 g/mol. The molecule has 0 spiro atoms. The van der Waals surface area contributed by atoms with Gasteiger partial charge < -0.3 is 5.32 Å². The molecule has 0 saturated heterocycles. The minimum Gasteiger partial charge on any atom is -0.385 e. The molecule has 96 valence electrons. The molecule has 0 amide bonds. The van der Waals surface area contributed by atoms with Crippen molar-refractivity contribution >= 4 is 28.2 Å². The third-order valence-corrected chi connectivity index (χ3v) is 3.04. The number of nitrogens with one attached hydrogen (secondary N) is 1. The van der Waals surface area contributed by atoms with Gasteiger partial charge in [0.25, 0.3) is 0 Å². The van der Waals surface area contributed by atoms with Gasteiger partial charge in [0.15, 0.2) is 0 Å². The number of hydrogen-bond acceptors (Lipinski definition) is 2. The minimum atomic E-state index is 0.608. The molecule has 1 aromatic carbocycles. The topological polar surface area (TPSA) is 24.9 Å². The maximum Gasteiger partial charge on any atom is 0.0727 e. The monoisotopic (exact) mass is 262 g/mol. The lowest BCUT2D eigenvalue weighted by atomic mass is 10.1. The van der Waals surface area contributed by atoms with Gasteiger partial charge in [-0.05, 0) is 43.5 Å². The van der Waals surface area contributed by atoms with Crippen molar-refractivity contribution in [1.29, 1.82) is 0 Å². The van der Waals surface area contributed by atoms with Crippen LogP contribution in [-0.2, 0) is 6.42 Å². The molecule has 0 saturated carbocycles. The first-order valence-electron chi connectivity index (χ1n) is 6.43. The maximum atomic E-state index is 6.06. The zero-order valence-electron chi connectivity index (χ0n) is 11.1. The summed E-state index contributed by atoms with van der Waals surface area (Å²) in [4.78, 5) is 4.70. The van der Waals surface area contributed by atoms with Crippen molar-refractivity contribution in [2.45, 2.75) is 27.2 Å². The molecule has 0 atom stereocenters. The fourth-order valence-corrected chi connectivity index (χ4v) is 2.28. The zero-order chi connectivity index (χ0) is 13.1. The van der Waals surface area contributed by atoms with Gasteiger partial charge in [-0.3, -0.25) is 4.98 Å². The van der Waals surface area contributed by atoms with E-state index in [1.165, 1.54) is 0 Å². The van der Waals surface area contributed by atoms with Crippen LogP contribution in [-0.4, -0.2) is 11.5 Å². The molecule has 1 aromatic heterocycles. The predicted molar refractivity (Wildman–Crippen MR) is 79.5 cm³/mol. The molecule has 0 fully saturated rings. The number of hydrogen-bond donors (Lipinski definition) is 1. The Morgan fingerprint density at radius 1 is 1.28 bits per heavy atom. The summed E-state index contributed by atoms with van der Waals surface area (Å²) in [5, 5.41) is 5.24. The first kappa shape index (κ1) is 13.2. The molecule has 1 heterocycles. The third kappa shape index (κ3) is 2.94. The average Bonchev–Trinajstić information content (AvgIpc) is 2.29. The Morgan fingerprint density at radius 2 is 2.06 bits per heavy atom. The van der Waals surface area contributed by atoms with Crippen LogP contribution in [0.1, 0.15) is 26.5 Å². The highest BCUT2D eigenvalue weighted by Gasteiger charge is 2.07. The summed E-state index contributed by atoms with van der Waals surface area (Å²) in [7, 11) is 0. The first-order valence-corrected chi connectivity index (χ1v) is 6.81. The van der Waals surface area contributed by atoms with E-state index in [1.807, 2.05) is 18.2 Å². The molecular formula is C15H19ClN2. The highest BCUT2D eigenvalue weighted by Crippen LogP contribution is 2.27. The molecule has 0 radical (unpaired) electrons. The van der Waals surface area contributed by atoms with E-state index in [0.717, 1.165) is 40.3 Å². The molecule has 2 nitrogen and oxygen atoms in total. The molecule has 0 aliphatic rings. The van der Waals surface area contributed by atoms with Crippen LogP contribution in [0.3, 0.4) is 0 Å².